The predicted octanol–water partition coefficient (Wildman–Crippen LogP) is 5.81. The first-order valence-corrected chi connectivity index (χ1v) is 9.36. The summed E-state index contributed by atoms with van der Waals surface area (Å²) in [7, 11) is 1.72. The molecule has 0 aliphatic carbocycles. The van der Waals surface area contributed by atoms with Gasteiger partial charge < -0.3 is 4.74 Å². The van der Waals surface area contributed by atoms with E-state index >= 15 is 0 Å². The highest BCUT2D eigenvalue weighted by Crippen LogP contribution is 2.40. The number of anilines is 1. The molecule has 130 valence electrons. The van der Waals surface area contributed by atoms with Crippen LogP contribution in [0, 0.1) is 0 Å². The number of methoxy groups -OCH3 is 1. The lowest BCUT2D eigenvalue weighted by molar-refractivity contribution is 0.405. The summed E-state index contributed by atoms with van der Waals surface area (Å²) in [6.07, 6.45) is 0.830. The molecule has 1 atom stereocenters. The van der Waals surface area contributed by atoms with Gasteiger partial charge in [0.2, 0.25) is 0 Å². The lowest BCUT2D eigenvalue weighted by atomic mass is 9.97. The fraction of sp³-hybridized carbons (Fsp3) is 0.136. The maximum atomic E-state index is 5.61. The van der Waals surface area contributed by atoms with Crippen LogP contribution in [0.2, 0.25) is 0 Å². The van der Waals surface area contributed by atoms with Crippen molar-refractivity contribution in [3.8, 4) is 5.75 Å². The number of halogens is 1. The molecule has 0 spiro atoms. The van der Waals surface area contributed by atoms with Crippen LogP contribution in [0.4, 0.5) is 5.69 Å². The van der Waals surface area contributed by atoms with E-state index in [-0.39, 0.29) is 6.04 Å². The Balaban J connectivity index is 1.77. The van der Waals surface area contributed by atoms with Crippen molar-refractivity contribution in [1.82, 2.24) is 0 Å². The Hall–Kier alpha value is -2.59. The van der Waals surface area contributed by atoms with E-state index in [0.717, 1.165) is 39.2 Å². The van der Waals surface area contributed by atoms with Gasteiger partial charge in [-0.15, -0.1) is 0 Å². The van der Waals surface area contributed by atoms with Crippen LogP contribution >= 0.6 is 15.9 Å². The number of nitrogens with zero attached hydrogens (tertiary/aromatic N) is 2. The largest absolute Gasteiger partial charge is 0.496 e. The minimum atomic E-state index is 0.104. The monoisotopic (exact) mass is 406 g/mol. The van der Waals surface area contributed by atoms with Crippen LogP contribution in [0.25, 0.3) is 0 Å². The normalized spacial score (nSPS) is 16.5. The second-order valence-corrected chi connectivity index (χ2v) is 7.11. The maximum Gasteiger partial charge on any atom is 0.124 e. The third kappa shape index (κ3) is 3.25. The molecule has 1 aliphatic rings. The third-order valence-corrected chi connectivity index (χ3v) is 5.14. The summed E-state index contributed by atoms with van der Waals surface area (Å²) in [5, 5.41) is 7.08. The smallest absolute Gasteiger partial charge is 0.124 e. The van der Waals surface area contributed by atoms with E-state index in [1.807, 2.05) is 30.3 Å². The fourth-order valence-corrected chi connectivity index (χ4v) is 3.59. The van der Waals surface area contributed by atoms with Crippen molar-refractivity contribution >= 4 is 27.3 Å². The van der Waals surface area contributed by atoms with Gasteiger partial charge in [0.25, 0.3) is 0 Å². The average molecular weight is 407 g/mol. The number of rotatable bonds is 4. The maximum absolute atomic E-state index is 5.61. The van der Waals surface area contributed by atoms with Crippen molar-refractivity contribution < 1.29 is 4.74 Å². The molecular formula is C22H19BrN2O. The molecule has 4 rings (SSSR count). The Morgan fingerprint density at radius 2 is 1.62 bits per heavy atom. The number of hydrogen-bond donors (Lipinski definition) is 0. The molecule has 0 N–H and O–H groups in total. The van der Waals surface area contributed by atoms with E-state index in [4.69, 9.17) is 9.84 Å². The highest BCUT2D eigenvalue weighted by molar-refractivity contribution is 9.10. The Bertz CT molecular complexity index is 922. The quantitative estimate of drug-likeness (QED) is 0.545. The fourth-order valence-electron chi connectivity index (χ4n) is 3.33. The van der Waals surface area contributed by atoms with Crippen LogP contribution in [0.5, 0.6) is 5.75 Å². The van der Waals surface area contributed by atoms with E-state index in [2.05, 4.69) is 69.5 Å². The summed E-state index contributed by atoms with van der Waals surface area (Å²) in [5.74, 6) is 0.894. The first-order valence-electron chi connectivity index (χ1n) is 8.57. The van der Waals surface area contributed by atoms with Gasteiger partial charge >= 0.3 is 0 Å². The van der Waals surface area contributed by atoms with Crippen molar-refractivity contribution in [2.45, 2.75) is 12.5 Å². The summed E-state index contributed by atoms with van der Waals surface area (Å²) < 4.78 is 6.69. The molecule has 0 aromatic heterocycles. The highest BCUT2D eigenvalue weighted by Gasteiger charge is 2.31. The minimum Gasteiger partial charge on any atom is -0.496 e. The van der Waals surface area contributed by atoms with Gasteiger partial charge in [-0.05, 0) is 35.9 Å². The van der Waals surface area contributed by atoms with Gasteiger partial charge in [0.15, 0.2) is 0 Å². The van der Waals surface area contributed by atoms with Gasteiger partial charge in [-0.2, -0.15) is 5.10 Å². The number of hydrazone groups is 1. The standard InChI is InChI=1S/C22H19BrN2O/c1-26-22-10-6-5-9-19(22)21-15-20(16-11-13-17(23)14-12-16)24-25(21)18-7-3-2-4-8-18/h2-14,21H,15H2,1H3. The molecule has 3 aromatic carbocycles. The molecule has 1 unspecified atom stereocenters. The van der Waals surface area contributed by atoms with Crippen molar-refractivity contribution in [1.29, 1.82) is 0 Å². The lowest BCUT2D eigenvalue weighted by Gasteiger charge is -2.25. The number of hydrogen-bond acceptors (Lipinski definition) is 3. The Kier molecular flexibility index (Phi) is 4.76. The molecule has 0 saturated heterocycles. The zero-order valence-corrected chi connectivity index (χ0v) is 16.1. The number of para-hydroxylation sites is 2. The SMILES string of the molecule is COc1ccccc1C1CC(c2ccc(Br)cc2)=NN1c1ccccc1. The van der Waals surface area contributed by atoms with Gasteiger partial charge in [-0.1, -0.05) is 64.5 Å². The Morgan fingerprint density at radius 3 is 2.35 bits per heavy atom. The van der Waals surface area contributed by atoms with Crippen LogP contribution in [0.15, 0.2) is 88.4 Å². The van der Waals surface area contributed by atoms with Gasteiger partial charge in [0.05, 0.1) is 24.6 Å². The first-order chi connectivity index (χ1) is 12.8. The molecule has 0 saturated carbocycles. The average Bonchev–Trinajstić information content (AvgIpc) is 3.14. The number of ether oxygens (including phenoxy) is 1. The van der Waals surface area contributed by atoms with Crippen LogP contribution in [-0.2, 0) is 0 Å². The molecule has 0 radical (unpaired) electrons. The van der Waals surface area contributed by atoms with Gasteiger partial charge in [-0.3, -0.25) is 5.01 Å². The zero-order chi connectivity index (χ0) is 17.9. The third-order valence-electron chi connectivity index (χ3n) is 4.61. The van der Waals surface area contributed by atoms with E-state index in [0.29, 0.717) is 0 Å². The summed E-state index contributed by atoms with van der Waals surface area (Å²) in [5.41, 5.74) is 4.45. The van der Waals surface area contributed by atoms with Crippen LogP contribution in [0.1, 0.15) is 23.6 Å². The van der Waals surface area contributed by atoms with Crippen molar-refractivity contribution in [3.05, 3.63) is 94.5 Å². The molecule has 0 bridgehead atoms. The van der Waals surface area contributed by atoms with Crippen molar-refractivity contribution in [3.63, 3.8) is 0 Å². The van der Waals surface area contributed by atoms with Crippen LogP contribution in [-0.4, -0.2) is 12.8 Å². The van der Waals surface area contributed by atoms with Crippen molar-refractivity contribution in [2.75, 3.05) is 12.1 Å². The molecular weight excluding hydrogens is 388 g/mol. The topological polar surface area (TPSA) is 24.8 Å². The number of benzene rings is 3. The van der Waals surface area contributed by atoms with Gasteiger partial charge in [0, 0.05) is 16.5 Å². The van der Waals surface area contributed by atoms with Gasteiger partial charge in [0.1, 0.15) is 5.75 Å². The van der Waals surface area contributed by atoms with E-state index in [1.165, 1.54) is 0 Å². The second kappa shape index (κ2) is 7.34. The molecule has 4 heteroatoms. The summed E-state index contributed by atoms with van der Waals surface area (Å²) >= 11 is 3.50. The molecule has 3 aromatic rings. The lowest BCUT2D eigenvalue weighted by Crippen LogP contribution is -2.19. The van der Waals surface area contributed by atoms with Crippen LogP contribution in [0.3, 0.4) is 0 Å². The van der Waals surface area contributed by atoms with Gasteiger partial charge in [-0.25, -0.2) is 0 Å². The van der Waals surface area contributed by atoms with E-state index in [9.17, 15) is 0 Å². The molecule has 1 aliphatic heterocycles. The summed E-state index contributed by atoms with van der Waals surface area (Å²) in [6.45, 7) is 0. The molecule has 0 amide bonds. The molecule has 26 heavy (non-hydrogen) atoms. The highest BCUT2D eigenvalue weighted by atomic mass is 79.9. The first kappa shape index (κ1) is 16.9. The Labute approximate surface area is 162 Å². The summed E-state index contributed by atoms with van der Waals surface area (Å²) in [6, 6.07) is 26.9. The zero-order valence-electron chi connectivity index (χ0n) is 14.5. The van der Waals surface area contributed by atoms with Crippen LogP contribution < -0.4 is 9.75 Å². The molecule has 3 nitrogen and oxygen atoms in total. The van der Waals surface area contributed by atoms with E-state index in [1.54, 1.807) is 7.11 Å². The van der Waals surface area contributed by atoms with E-state index < -0.39 is 0 Å². The molecule has 0 fully saturated rings. The molecule has 1 heterocycles. The van der Waals surface area contributed by atoms with Crippen molar-refractivity contribution in [2.24, 2.45) is 5.10 Å². The Morgan fingerprint density at radius 1 is 0.923 bits per heavy atom. The predicted molar refractivity (Wildman–Crippen MR) is 110 cm³/mol. The summed E-state index contributed by atoms with van der Waals surface area (Å²) in [4.78, 5) is 0. The minimum absolute atomic E-state index is 0.104. The second-order valence-electron chi connectivity index (χ2n) is 6.20.